The van der Waals surface area contributed by atoms with Gasteiger partial charge in [-0.2, -0.15) is 0 Å². The minimum absolute atomic E-state index is 0.180. The monoisotopic (exact) mass is 447 g/mol. The van der Waals surface area contributed by atoms with Gasteiger partial charge in [0.1, 0.15) is 5.75 Å². The van der Waals surface area contributed by atoms with E-state index in [0.717, 1.165) is 18.6 Å². The van der Waals surface area contributed by atoms with E-state index in [4.69, 9.17) is 17.0 Å². The second-order valence-corrected chi connectivity index (χ2v) is 7.44. The molecule has 0 atom stereocenters. The number of anilines is 2. The highest BCUT2D eigenvalue weighted by Gasteiger charge is 2.09. The normalized spacial score (nSPS) is 10.2. The molecule has 3 aromatic carbocycles. The Morgan fingerprint density at radius 1 is 0.781 bits per heavy atom. The number of carbonyl (C=O) groups is 2. The molecular formula is C25H25N3O3S. The SMILES string of the molecule is CCCCOc1ccc(C(=O)NC(=S)Nc2ccc(NC(=O)c3ccccc3)cc2)cc1. The summed E-state index contributed by atoms with van der Waals surface area (Å²) in [5.74, 6) is 0.236. The van der Waals surface area contributed by atoms with Crippen molar-refractivity contribution in [3.63, 3.8) is 0 Å². The number of nitrogens with one attached hydrogen (secondary N) is 3. The molecule has 32 heavy (non-hydrogen) atoms. The maximum atomic E-state index is 12.4. The van der Waals surface area contributed by atoms with E-state index < -0.39 is 0 Å². The molecule has 7 heteroatoms. The van der Waals surface area contributed by atoms with Gasteiger partial charge in [0.2, 0.25) is 0 Å². The summed E-state index contributed by atoms with van der Waals surface area (Å²) in [6, 6.07) is 23.0. The number of carbonyl (C=O) groups excluding carboxylic acids is 2. The number of hydrogen-bond donors (Lipinski definition) is 3. The molecule has 0 heterocycles. The van der Waals surface area contributed by atoms with Crippen LogP contribution in [0.3, 0.4) is 0 Å². The zero-order chi connectivity index (χ0) is 22.8. The second-order valence-electron chi connectivity index (χ2n) is 7.03. The average Bonchev–Trinajstić information content (AvgIpc) is 2.81. The molecule has 0 unspecified atom stereocenters. The molecule has 164 valence electrons. The summed E-state index contributed by atoms with van der Waals surface area (Å²) in [5, 5.41) is 8.63. The van der Waals surface area contributed by atoms with Crippen LogP contribution in [0.4, 0.5) is 11.4 Å². The molecular weight excluding hydrogens is 422 g/mol. The molecule has 0 saturated carbocycles. The van der Waals surface area contributed by atoms with Gasteiger partial charge in [-0.25, -0.2) is 0 Å². The summed E-state index contributed by atoms with van der Waals surface area (Å²) in [6.45, 7) is 2.76. The lowest BCUT2D eigenvalue weighted by molar-refractivity contribution is 0.0976. The highest BCUT2D eigenvalue weighted by Crippen LogP contribution is 2.15. The van der Waals surface area contributed by atoms with E-state index in [1.807, 2.05) is 18.2 Å². The van der Waals surface area contributed by atoms with Gasteiger partial charge < -0.3 is 15.4 Å². The Morgan fingerprint density at radius 2 is 1.38 bits per heavy atom. The fourth-order valence-corrected chi connectivity index (χ4v) is 3.01. The fraction of sp³-hybridized carbons (Fsp3) is 0.160. The van der Waals surface area contributed by atoms with Crippen LogP contribution in [0.15, 0.2) is 78.9 Å². The van der Waals surface area contributed by atoms with E-state index in [1.165, 1.54) is 0 Å². The summed E-state index contributed by atoms with van der Waals surface area (Å²) in [4.78, 5) is 24.6. The Labute approximate surface area is 193 Å². The van der Waals surface area contributed by atoms with Crippen molar-refractivity contribution >= 4 is 40.5 Å². The average molecular weight is 448 g/mol. The molecule has 3 aromatic rings. The number of rotatable bonds is 8. The van der Waals surface area contributed by atoms with Gasteiger partial charge in [0, 0.05) is 22.5 Å². The molecule has 3 N–H and O–H groups in total. The molecule has 0 radical (unpaired) electrons. The maximum absolute atomic E-state index is 12.4. The second kappa shape index (κ2) is 11.6. The molecule has 3 rings (SSSR count). The summed E-state index contributed by atoms with van der Waals surface area (Å²) < 4.78 is 5.60. The lowest BCUT2D eigenvalue weighted by atomic mass is 10.2. The molecule has 0 saturated heterocycles. The first-order valence-electron chi connectivity index (χ1n) is 10.4. The number of ether oxygens (including phenoxy) is 1. The largest absolute Gasteiger partial charge is 0.494 e. The Bertz CT molecular complexity index is 1050. The van der Waals surface area contributed by atoms with Gasteiger partial charge in [0.25, 0.3) is 11.8 Å². The minimum Gasteiger partial charge on any atom is -0.494 e. The van der Waals surface area contributed by atoms with Crippen LogP contribution in [-0.4, -0.2) is 23.5 Å². The van der Waals surface area contributed by atoms with E-state index in [0.29, 0.717) is 29.1 Å². The zero-order valence-electron chi connectivity index (χ0n) is 17.8. The Morgan fingerprint density at radius 3 is 2.00 bits per heavy atom. The van der Waals surface area contributed by atoms with Crippen molar-refractivity contribution in [2.45, 2.75) is 19.8 Å². The highest BCUT2D eigenvalue weighted by molar-refractivity contribution is 7.80. The topological polar surface area (TPSA) is 79.5 Å². The Balaban J connectivity index is 1.49. The first kappa shape index (κ1) is 23.0. The molecule has 6 nitrogen and oxygen atoms in total. The first-order chi connectivity index (χ1) is 15.5. The van der Waals surface area contributed by atoms with Gasteiger partial charge in [-0.05, 0) is 79.3 Å². The number of unbranched alkanes of at least 4 members (excludes halogenated alkanes) is 1. The minimum atomic E-state index is -0.311. The van der Waals surface area contributed by atoms with Crippen molar-refractivity contribution < 1.29 is 14.3 Å². The van der Waals surface area contributed by atoms with Crippen molar-refractivity contribution in [3.05, 3.63) is 90.0 Å². The summed E-state index contributed by atoms with van der Waals surface area (Å²) in [7, 11) is 0. The lowest BCUT2D eigenvalue weighted by Gasteiger charge is -2.11. The molecule has 0 aliphatic rings. The third-order valence-corrected chi connectivity index (χ3v) is 4.75. The lowest BCUT2D eigenvalue weighted by Crippen LogP contribution is -2.34. The maximum Gasteiger partial charge on any atom is 0.257 e. The van der Waals surface area contributed by atoms with Crippen molar-refractivity contribution in [2.75, 3.05) is 17.2 Å². The van der Waals surface area contributed by atoms with E-state index in [-0.39, 0.29) is 16.9 Å². The number of amides is 2. The van der Waals surface area contributed by atoms with Crippen molar-refractivity contribution in [1.82, 2.24) is 5.32 Å². The van der Waals surface area contributed by atoms with E-state index in [1.54, 1.807) is 60.7 Å². The van der Waals surface area contributed by atoms with Gasteiger partial charge in [-0.1, -0.05) is 31.5 Å². The van der Waals surface area contributed by atoms with Crippen molar-refractivity contribution in [2.24, 2.45) is 0 Å². The third-order valence-electron chi connectivity index (χ3n) is 4.55. The number of thiocarbonyl (C=S) groups is 1. The highest BCUT2D eigenvalue weighted by atomic mass is 32.1. The van der Waals surface area contributed by atoms with E-state index >= 15 is 0 Å². The van der Waals surface area contributed by atoms with Gasteiger partial charge in [-0.15, -0.1) is 0 Å². The summed E-state index contributed by atoms with van der Waals surface area (Å²) in [6.07, 6.45) is 2.05. The summed E-state index contributed by atoms with van der Waals surface area (Å²) in [5.41, 5.74) is 2.41. The molecule has 0 aromatic heterocycles. The predicted molar refractivity (Wildman–Crippen MR) is 131 cm³/mol. The van der Waals surface area contributed by atoms with Crippen LogP contribution in [0.5, 0.6) is 5.75 Å². The smallest absolute Gasteiger partial charge is 0.257 e. The van der Waals surface area contributed by atoms with Crippen LogP contribution in [-0.2, 0) is 0 Å². The van der Waals surface area contributed by atoms with Crippen LogP contribution in [0.2, 0.25) is 0 Å². The van der Waals surface area contributed by atoms with E-state index in [9.17, 15) is 9.59 Å². The molecule has 0 spiro atoms. The quantitative estimate of drug-likeness (QED) is 0.325. The fourth-order valence-electron chi connectivity index (χ4n) is 2.80. The van der Waals surface area contributed by atoms with Gasteiger partial charge in [0.05, 0.1) is 6.61 Å². The van der Waals surface area contributed by atoms with Gasteiger partial charge in [-0.3, -0.25) is 14.9 Å². The number of benzene rings is 3. The van der Waals surface area contributed by atoms with Crippen LogP contribution in [0.25, 0.3) is 0 Å². The molecule has 0 bridgehead atoms. The van der Waals surface area contributed by atoms with Gasteiger partial charge >= 0.3 is 0 Å². The van der Waals surface area contributed by atoms with Crippen LogP contribution in [0.1, 0.15) is 40.5 Å². The van der Waals surface area contributed by atoms with Crippen molar-refractivity contribution in [3.8, 4) is 5.75 Å². The van der Waals surface area contributed by atoms with Gasteiger partial charge in [0.15, 0.2) is 5.11 Å². The number of hydrogen-bond acceptors (Lipinski definition) is 4. The van der Waals surface area contributed by atoms with Crippen LogP contribution >= 0.6 is 12.2 Å². The molecule has 0 aliphatic heterocycles. The Kier molecular flexibility index (Phi) is 8.34. The third kappa shape index (κ3) is 6.92. The molecule has 0 aliphatic carbocycles. The van der Waals surface area contributed by atoms with Crippen molar-refractivity contribution in [1.29, 1.82) is 0 Å². The zero-order valence-corrected chi connectivity index (χ0v) is 18.6. The van der Waals surface area contributed by atoms with Crippen LogP contribution in [0, 0.1) is 0 Å². The standard InChI is InChI=1S/C25H25N3O3S/c1-2-3-17-31-22-15-9-19(10-16-22)24(30)28-25(32)27-21-13-11-20(12-14-21)26-23(29)18-7-5-4-6-8-18/h4-16H,2-3,17H2,1H3,(H,26,29)(H2,27,28,30,32). The first-order valence-corrected chi connectivity index (χ1v) is 10.8. The molecule has 2 amide bonds. The Hall–Kier alpha value is -3.71. The van der Waals surface area contributed by atoms with Crippen LogP contribution < -0.4 is 20.7 Å². The molecule has 0 fully saturated rings. The predicted octanol–water partition coefficient (Wildman–Crippen LogP) is 5.24. The summed E-state index contributed by atoms with van der Waals surface area (Å²) >= 11 is 5.24. The van der Waals surface area contributed by atoms with E-state index in [2.05, 4.69) is 22.9 Å².